The molecule has 0 aliphatic carbocycles. The van der Waals surface area contributed by atoms with E-state index in [0.717, 1.165) is 0 Å². The molecule has 2 rings (SSSR count). The predicted octanol–water partition coefficient (Wildman–Crippen LogP) is 2.28. The number of benzene rings is 1. The van der Waals surface area contributed by atoms with Crippen molar-refractivity contribution in [3.05, 3.63) is 48.0 Å². The molecule has 6 heteroatoms. The molecule has 5 nitrogen and oxygen atoms in total. The molecule has 0 saturated carbocycles. The van der Waals surface area contributed by atoms with Crippen LogP contribution < -0.4 is 5.32 Å². The maximum absolute atomic E-state index is 12.8. The fourth-order valence-electron chi connectivity index (χ4n) is 1.70. The van der Waals surface area contributed by atoms with Crippen LogP contribution in [0, 0.1) is 5.82 Å². The molecule has 2 aromatic rings. The van der Waals surface area contributed by atoms with Crippen molar-refractivity contribution in [2.75, 3.05) is 5.32 Å². The second kappa shape index (κ2) is 5.51. The van der Waals surface area contributed by atoms with Gasteiger partial charge in [0.15, 0.2) is 6.04 Å². The van der Waals surface area contributed by atoms with E-state index in [1.54, 1.807) is 10.9 Å². The minimum atomic E-state index is -1.01. The lowest BCUT2D eigenvalue weighted by Gasteiger charge is -2.14. The molecule has 0 radical (unpaired) electrons. The van der Waals surface area contributed by atoms with Gasteiger partial charge in [-0.1, -0.05) is 0 Å². The molecular weight excluding hydrogens is 249 g/mol. The Morgan fingerprint density at radius 3 is 2.68 bits per heavy atom. The number of carboxylic acids is 1. The van der Waals surface area contributed by atoms with Gasteiger partial charge < -0.3 is 10.4 Å². The van der Waals surface area contributed by atoms with Crippen molar-refractivity contribution in [2.24, 2.45) is 0 Å². The summed E-state index contributed by atoms with van der Waals surface area (Å²) in [7, 11) is 0. The van der Waals surface area contributed by atoms with Gasteiger partial charge in [0, 0.05) is 24.0 Å². The van der Waals surface area contributed by atoms with E-state index in [4.69, 9.17) is 0 Å². The molecule has 19 heavy (non-hydrogen) atoms. The van der Waals surface area contributed by atoms with E-state index >= 15 is 0 Å². The lowest BCUT2D eigenvalue weighted by atomic mass is 10.1. The lowest BCUT2D eigenvalue weighted by molar-refractivity contribution is -0.138. The van der Waals surface area contributed by atoms with Gasteiger partial charge >= 0.3 is 5.97 Å². The third kappa shape index (κ3) is 3.09. The zero-order valence-corrected chi connectivity index (χ0v) is 10.4. The lowest BCUT2D eigenvalue weighted by Crippen LogP contribution is -2.20. The van der Waals surface area contributed by atoms with Gasteiger partial charge in [-0.3, -0.25) is 4.68 Å². The Morgan fingerprint density at radius 1 is 1.47 bits per heavy atom. The Labute approximate surface area is 109 Å². The van der Waals surface area contributed by atoms with Crippen LogP contribution in [-0.2, 0) is 11.3 Å². The van der Waals surface area contributed by atoms with E-state index in [-0.39, 0.29) is 5.82 Å². The maximum Gasteiger partial charge on any atom is 0.330 e. The van der Waals surface area contributed by atoms with Gasteiger partial charge in [0.05, 0.1) is 6.20 Å². The molecule has 0 bridgehead atoms. The molecule has 0 amide bonds. The first-order valence-corrected chi connectivity index (χ1v) is 5.87. The smallest absolute Gasteiger partial charge is 0.330 e. The predicted molar refractivity (Wildman–Crippen MR) is 68.3 cm³/mol. The van der Waals surface area contributed by atoms with E-state index in [1.165, 1.54) is 30.5 Å². The Hall–Kier alpha value is -2.37. The summed E-state index contributed by atoms with van der Waals surface area (Å²) in [4.78, 5) is 11.3. The number of carbonyl (C=O) groups is 1. The minimum absolute atomic E-state index is 0.365. The third-order valence-electron chi connectivity index (χ3n) is 2.71. The van der Waals surface area contributed by atoms with E-state index in [9.17, 15) is 14.3 Å². The zero-order valence-electron chi connectivity index (χ0n) is 10.4. The number of carboxylic acid groups (broad SMARTS) is 1. The highest BCUT2D eigenvalue weighted by Gasteiger charge is 2.21. The van der Waals surface area contributed by atoms with Crippen LogP contribution in [0.5, 0.6) is 0 Å². The number of aliphatic carboxylic acids is 1. The second-order valence-corrected chi connectivity index (χ2v) is 4.05. The van der Waals surface area contributed by atoms with Crippen LogP contribution in [0.3, 0.4) is 0 Å². The van der Waals surface area contributed by atoms with Crippen LogP contribution in [-0.4, -0.2) is 20.9 Å². The summed E-state index contributed by atoms with van der Waals surface area (Å²) in [6, 6.07) is 4.63. The van der Waals surface area contributed by atoms with E-state index in [1.807, 2.05) is 6.92 Å². The molecule has 1 heterocycles. The van der Waals surface area contributed by atoms with Gasteiger partial charge in [0.25, 0.3) is 0 Å². The third-order valence-corrected chi connectivity index (χ3v) is 2.71. The summed E-state index contributed by atoms with van der Waals surface area (Å²) in [5, 5.41) is 16.1. The molecule has 0 spiro atoms. The largest absolute Gasteiger partial charge is 0.479 e. The van der Waals surface area contributed by atoms with Crippen LogP contribution in [0.2, 0.25) is 0 Å². The standard InChI is InChI=1S/C13H14FN3O2/c1-2-17-8-9(7-15-17)12(13(18)19)16-11-5-3-10(14)4-6-11/h3-8,12,16H,2H2,1H3,(H,18,19). The molecule has 100 valence electrons. The summed E-state index contributed by atoms with van der Waals surface area (Å²) in [5.41, 5.74) is 1.09. The van der Waals surface area contributed by atoms with Crippen LogP contribution in [0.1, 0.15) is 18.5 Å². The van der Waals surface area contributed by atoms with Gasteiger partial charge in [0.1, 0.15) is 5.82 Å². The van der Waals surface area contributed by atoms with Gasteiger partial charge in [0.2, 0.25) is 0 Å². The molecule has 1 atom stereocenters. The number of anilines is 1. The molecule has 0 saturated heterocycles. The number of hydrogen-bond donors (Lipinski definition) is 2. The normalized spacial score (nSPS) is 12.1. The first-order valence-electron chi connectivity index (χ1n) is 5.87. The molecule has 0 aliphatic rings. The Morgan fingerprint density at radius 2 is 2.16 bits per heavy atom. The molecule has 0 fully saturated rings. The molecule has 1 aromatic heterocycles. The highest BCUT2D eigenvalue weighted by molar-refractivity contribution is 5.79. The zero-order chi connectivity index (χ0) is 13.8. The maximum atomic E-state index is 12.8. The van der Waals surface area contributed by atoms with Crippen molar-refractivity contribution in [2.45, 2.75) is 19.5 Å². The number of nitrogens with one attached hydrogen (secondary N) is 1. The first-order chi connectivity index (χ1) is 9.10. The van der Waals surface area contributed by atoms with E-state index < -0.39 is 12.0 Å². The summed E-state index contributed by atoms with van der Waals surface area (Å²) in [5.74, 6) is -1.38. The van der Waals surface area contributed by atoms with Gasteiger partial charge in [-0.2, -0.15) is 5.10 Å². The number of aromatic nitrogens is 2. The van der Waals surface area contributed by atoms with E-state index in [2.05, 4.69) is 10.4 Å². The average molecular weight is 263 g/mol. The monoisotopic (exact) mass is 263 g/mol. The summed E-state index contributed by atoms with van der Waals surface area (Å²) >= 11 is 0. The number of nitrogens with zero attached hydrogens (tertiary/aromatic N) is 2. The van der Waals surface area contributed by atoms with Gasteiger partial charge in [-0.05, 0) is 31.2 Å². The van der Waals surface area contributed by atoms with Crippen molar-refractivity contribution < 1.29 is 14.3 Å². The second-order valence-electron chi connectivity index (χ2n) is 4.05. The van der Waals surface area contributed by atoms with Crippen LogP contribution in [0.15, 0.2) is 36.7 Å². The Bertz CT molecular complexity index is 566. The number of aryl methyl sites for hydroxylation is 1. The first kappa shape index (κ1) is 13.1. The fraction of sp³-hybridized carbons (Fsp3) is 0.231. The highest BCUT2D eigenvalue weighted by Crippen LogP contribution is 2.19. The Balaban J connectivity index is 2.21. The van der Waals surface area contributed by atoms with Crippen molar-refractivity contribution >= 4 is 11.7 Å². The van der Waals surface area contributed by atoms with Crippen molar-refractivity contribution in [3.8, 4) is 0 Å². The summed E-state index contributed by atoms with van der Waals surface area (Å²) in [6.07, 6.45) is 3.19. The number of hydrogen-bond acceptors (Lipinski definition) is 3. The molecular formula is C13H14FN3O2. The summed E-state index contributed by atoms with van der Waals surface area (Å²) < 4.78 is 14.4. The summed E-state index contributed by atoms with van der Waals surface area (Å²) in [6.45, 7) is 2.59. The Kier molecular flexibility index (Phi) is 3.79. The molecule has 1 unspecified atom stereocenters. The van der Waals surface area contributed by atoms with Crippen LogP contribution in [0.4, 0.5) is 10.1 Å². The van der Waals surface area contributed by atoms with E-state index in [0.29, 0.717) is 17.8 Å². The van der Waals surface area contributed by atoms with Crippen molar-refractivity contribution in [1.29, 1.82) is 0 Å². The van der Waals surface area contributed by atoms with Crippen molar-refractivity contribution in [1.82, 2.24) is 9.78 Å². The fourth-order valence-corrected chi connectivity index (χ4v) is 1.70. The number of halogens is 1. The topological polar surface area (TPSA) is 67.2 Å². The van der Waals surface area contributed by atoms with Gasteiger partial charge in [-0.25, -0.2) is 9.18 Å². The number of rotatable bonds is 5. The molecule has 2 N–H and O–H groups in total. The molecule has 1 aromatic carbocycles. The van der Waals surface area contributed by atoms with Crippen LogP contribution in [0.25, 0.3) is 0 Å². The molecule has 0 aliphatic heterocycles. The van der Waals surface area contributed by atoms with Gasteiger partial charge in [-0.15, -0.1) is 0 Å². The average Bonchev–Trinajstić information content (AvgIpc) is 2.86. The SMILES string of the molecule is CCn1cc(C(Nc2ccc(F)cc2)C(=O)O)cn1. The quantitative estimate of drug-likeness (QED) is 0.868. The minimum Gasteiger partial charge on any atom is -0.479 e. The van der Waals surface area contributed by atoms with Crippen molar-refractivity contribution in [3.63, 3.8) is 0 Å². The highest BCUT2D eigenvalue weighted by atomic mass is 19.1. The van der Waals surface area contributed by atoms with Crippen LogP contribution >= 0.6 is 0 Å².